The highest BCUT2D eigenvalue weighted by molar-refractivity contribution is 6.89. The van der Waals surface area contributed by atoms with Crippen LogP contribution in [-0.4, -0.2) is 26.7 Å². The predicted molar refractivity (Wildman–Crippen MR) is 88.1 cm³/mol. The van der Waals surface area contributed by atoms with Crippen LogP contribution in [0.2, 0.25) is 39.3 Å². The molecular formula is C15H29NSi2. The third-order valence-corrected chi connectivity index (χ3v) is 11.1. The third kappa shape index (κ3) is 4.37. The van der Waals surface area contributed by atoms with E-state index in [1.165, 1.54) is 12.0 Å². The Labute approximate surface area is 115 Å². The standard InChI is InChI=1S/C15H29NSi2/c1-14(13-15-11-9-8-10-12-15)16(17(2,3)4)18(5,6)7/h8-12,14H,13H2,1-7H3. The molecule has 0 N–H and O–H groups in total. The molecule has 0 radical (unpaired) electrons. The van der Waals surface area contributed by atoms with Crippen LogP contribution in [0.4, 0.5) is 0 Å². The molecule has 3 heteroatoms. The zero-order chi connectivity index (χ0) is 14.0. The second-order valence-electron chi connectivity index (χ2n) is 7.25. The highest BCUT2D eigenvalue weighted by Gasteiger charge is 2.37. The van der Waals surface area contributed by atoms with Crippen LogP contribution in [-0.2, 0) is 6.42 Å². The Bertz CT molecular complexity index is 348. The first kappa shape index (κ1) is 15.7. The molecule has 1 atom stereocenters. The maximum atomic E-state index is 2.90. The van der Waals surface area contributed by atoms with Gasteiger partial charge in [-0.15, -0.1) is 0 Å². The Kier molecular flexibility index (Phi) is 4.98. The molecule has 0 amide bonds. The molecule has 1 aromatic carbocycles. The minimum atomic E-state index is -1.24. The van der Waals surface area contributed by atoms with Crippen molar-refractivity contribution in [2.24, 2.45) is 0 Å². The summed E-state index contributed by atoms with van der Waals surface area (Å²) in [6.45, 7) is 17.3. The van der Waals surface area contributed by atoms with Crippen molar-refractivity contribution >= 4 is 16.5 Å². The van der Waals surface area contributed by atoms with Gasteiger partial charge in [-0.25, -0.2) is 0 Å². The van der Waals surface area contributed by atoms with E-state index in [2.05, 4.69) is 80.8 Å². The lowest BCUT2D eigenvalue weighted by Crippen LogP contribution is -2.63. The average molecular weight is 280 g/mol. The average Bonchev–Trinajstić information content (AvgIpc) is 2.13. The minimum absolute atomic E-state index is 0.658. The van der Waals surface area contributed by atoms with E-state index in [1.54, 1.807) is 0 Å². The molecule has 0 saturated heterocycles. The van der Waals surface area contributed by atoms with Gasteiger partial charge in [0.2, 0.25) is 0 Å². The van der Waals surface area contributed by atoms with Gasteiger partial charge in [-0.1, -0.05) is 76.5 Å². The van der Waals surface area contributed by atoms with Gasteiger partial charge in [0.15, 0.2) is 0 Å². The van der Waals surface area contributed by atoms with Gasteiger partial charge >= 0.3 is 0 Å². The summed E-state index contributed by atoms with van der Waals surface area (Å²) in [6.07, 6.45) is 1.18. The lowest BCUT2D eigenvalue weighted by Gasteiger charge is -2.47. The van der Waals surface area contributed by atoms with Crippen molar-refractivity contribution in [2.75, 3.05) is 0 Å². The van der Waals surface area contributed by atoms with Crippen molar-refractivity contribution < 1.29 is 0 Å². The molecule has 0 bridgehead atoms. The predicted octanol–water partition coefficient (Wildman–Crippen LogP) is 4.59. The van der Waals surface area contributed by atoms with Crippen LogP contribution < -0.4 is 0 Å². The first-order valence-electron chi connectivity index (χ1n) is 6.96. The zero-order valence-electron chi connectivity index (χ0n) is 13.1. The van der Waals surface area contributed by atoms with Crippen molar-refractivity contribution in [1.82, 2.24) is 4.23 Å². The van der Waals surface area contributed by atoms with Crippen molar-refractivity contribution in [3.63, 3.8) is 0 Å². The van der Waals surface area contributed by atoms with Gasteiger partial charge in [0, 0.05) is 0 Å². The molecule has 1 rings (SSSR count). The summed E-state index contributed by atoms with van der Waals surface area (Å²) in [5.41, 5.74) is 1.46. The molecule has 102 valence electrons. The number of nitrogens with zero attached hydrogens (tertiary/aromatic N) is 1. The minimum Gasteiger partial charge on any atom is -0.343 e. The molecule has 0 aliphatic carbocycles. The van der Waals surface area contributed by atoms with Gasteiger partial charge < -0.3 is 4.23 Å². The van der Waals surface area contributed by atoms with Crippen LogP contribution in [0.3, 0.4) is 0 Å². The lowest BCUT2D eigenvalue weighted by atomic mass is 10.1. The Balaban J connectivity index is 2.88. The van der Waals surface area contributed by atoms with E-state index in [-0.39, 0.29) is 0 Å². The highest BCUT2D eigenvalue weighted by atomic mass is 28.4. The summed E-state index contributed by atoms with van der Waals surface area (Å²) in [5.74, 6) is 0. The molecule has 0 aliphatic rings. The topological polar surface area (TPSA) is 3.24 Å². The first-order valence-corrected chi connectivity index (χ1v) is 13.8. The molecule has 0 fully saturated rings. The maximum Gasteiger partial charge on any atom is 0.112 e. The van der Waals surface area contributed by atoms with Gasteiger partial charge in [0.25, 0.3) is 0 Å². The van der Waals surface area contributed by atoms with Gasteiger partial charge in [0.1, 0.15) is 16.5 Å². The van der Waals surface area contributed by atoms with Gasteiger partial charge in [0.05, 0.1) is 0 Å². The molecular weight excluding hydrogens is 250 g/mol. The van der Waals surface area contributed by atoms with E-state index >= 15 is 0 Å². The van der Waals surface area contributed by atoms with Gasteiger partial charge in [-0.3, -0.25) is 0 Å². The summed E-state index contributed by atoms with van der Waals surface area (Å²) in [5, 5.41) is 0. The van der Waals surface area contributed by atoms with E-state index in [9.17, 15) is 0 Å². The van der Waals surface area contributed by atoms with E-state index in [0.717, 1.165) is 0 Å². The SMILES string of the molecule is CC(Cc1ccccc1)N([Si](C)(C)C)[Si](C)(C)C. The number of hydrogen-bond donors (Lipinski definition) is 0. The van der Waals surface area contributed by atoms with Crippen molar-refractivity contribution in [3.8, 4) is 0 Å². The summed E-state index contributed by atoms with van der Waals surface area (Å²) >= 11 is 0. The van der Waals surface area contributed by atoms with Crippen LogP contribution in [0.5, 0.6) is 0 Å². The van der Waals surface area contributed by atoms with E-state index in [4.69, 9.17) is 0 Å². The molecule has 0 heterocycles. The van der Waals surface area contributed by atoms with Gasteiger partial charge in [-0.05, 0) is 18.0 Å². The summed E-state index contributed by atoms with van der Waals surface area (Å²) in [6, 6.07) is 11.6. The number of rotatable bonds is 5. The quantitative estimate of drug-likeness (QED) is 0.713. The Morgan fingerprint density at radius 2 is 1.33 bits per heavy atom. The molecule has 0 aromatic heterocycles. The van der Waals surface area contributed by atoms with Crippen LogP contribution in [0.15, 0.2) is 30.3 Å². The Morgan fingerprint density at radius 1 is 0.889 bits per heavy atom. The summed E-state index contributed by atoms with van der Waals surface area (Å²) in [7, 11) is -2.49. The number of benzene rings is 1. The molecule has 0 aliphatic heterocycles. The molecule has 0 spiro atoms. The Morgan fingerprint density at radius 3 is 1.72 bits per heavy atom. The molecule has 18 heavy (non-hydrogen) atoms. The molecule has 1 nitrogen and oxygen atoms in total. The molecule has 1 unspecified atom stereocenters. The van der Waals surface area contributed by atoms with Crippen LogP contribution in [0.25, 0.3) is 0 Å². The van der Waals surface area contributed by atoms with E-state index in [1.807, 2.05) is 0 Å². The summed E-state index contributed by atoms with van der Waals surface area (Å²) in [4.78, 5) is 0. The summed E-state index contributed by atoms with van der Waals surface area (Å²) < 4.78 is 2.90. The molecule has 0 saturated carbocycles. The molecule has 1 aromatic rings. The number of hydrogen-bond acceptors (Lipinski definition) is 1. The van der Waals surface area contributed by atoms with Gasteiger partial charge in [-0.2, -0.15) is 0 Å². The van der Waals surface area contributed by atoms with E-state index < -0.39 is 16.5 Å². The maximum absolute atomic E-state index is 2.90. The van der Waals surface area contributed by atoms with Crippen LogP contribution >= 0.6 is 0 Å². The normalized spacial score (nSPS) is 14.9. The second-order valence-corrected chi connectivity index (χ2v) is 17.3. The fraction of sp³-hybridized carbons (Fsp3) is 0.600. The van der Waals surface area contributed by atoms with Crippen LogP contribution in [0, 0.1) is 0 Å². The smallest absolute Gasteiger partial charge is 0.112 e. The monoisotopic (exact) mass is 279 g/mol. The van der Waals surface area contributed by atoms with Crippen molar-refractivity contribution in [2.45, 2.75) is 58.7 Å². The van der Waals surface area contributed by atoms with Crippen LogP contribution in [0.1, 0.15) is 12.5 Å². The van der Waals surface area contributed by atoms with Crippen molar-refractivity contribution in [3.05, 3.63) is 35.9 Å². The second kappa shape index (κ2) is 5.72. The first-order chi connectivity index (χ1) is 8.12. The third-order valence-electron chi connectivity index (χ3n) is 3.26. The highest BCUT2D eigenvalue weighted by Crippen LogP contribution is 2.24. The lowest BCUT2D eigenvalue weighted by molar-refractivity contribution is 0.469. The van der Waals surface area contributed by atoms with E-state index in [0.29, 0.717) is 6.04 Å². The van der Waals surface area contributed by atoms with Crippen molar-refractivity contribution in [1.29, 1.82) is 0 Å². The Hall–Kier alpha value is -0.386. The fourth-order valence-electron chi connectivity index (χ4n) is 3.38. The fourth-order valence-corrected chi connectivity index (χ4v) is 14.3. The largest absolute Gasteiger partial charge is 0.343 e. The zero-order valence-corrected chi connectivity index (χ0v) is 15.1.